The molecule has 0 aliphatic rings. The maximum Gasteiger partial charge on any atom is 0.234 e. The van der Waals surface area contributed by atoms with E-state index in [-0.39, 0.29) is 18.3 Å². The summed E-state index contributed by atoms with van der Waals surface area (Å²) in [5, 5.41) is 12.5. The molecule has 0 bridgehead atoms. The van der Waals surface area contributed by atoms with Crippen LogP contribution in [0, 0.1) is 6.92 Å². The lowest BCUT2D eigenvalue weighted by molar-refractivity contribution is -0.113. The summed E-state index contributed by atoms with van der Waals surface area (Å²) in [6.07, 6.45) is 0. The molecule has 8 heteroatoms. The van der Waals surface area contributed by atoms with Gasteiger partial charge in [0.1, 0.15) is 5.75 Å². The van der Waals surface area contributed by atoms with Crippen LogP contribution in [0.2, 0.25) is 0 Å². The second-order valence-electron chi connectivity index (χ2n) is 5.40. The number of aromatic nitrogens is 3. The van der Waals surface area contributed by atoms with Crippen LogP contribution in [0.4, 0.5) is 5.69 Å². The third kappa shape index (κ3) is 4.09. The first-order chi connectivity index (χ1) is 12.1. The molecule has 130 valence electrons. The highest BCUT2D eigenvalue weighted by Crippen LogP contribution is 2.23. The number of thioether (sulfide) groups is 1. The fraction of sp³-hybridized carbons (Fsp3) is 0.235. The number of rotatable bonds is 6. The fourth-order valence-electron chi connectivity index (χ4n) is 2.29. The average molecular weight is 358 g/mol. The van der Waals surface area contributed by atoms with Crippen molar-refractivity contribution < 1.29 is 14.6 Å². The van der Waals surface area contributed by atoms with Crippen molar-refractivity contribution in [3.05, 3.63) is 41.6 Å². The highest BCUT2D eigenvalue weighted by atomic mass is 32.2. The highest BCUT2D eigenvalue weighted by Gasteiger charge is 2.09. The number of fused-ring (bicyclic) bond motifs is 1. The highest BCUT2D eigenvalue weighted by molar-refractivity contribution is 7.99. The van der Waals surface area contributed by atoms with Crippen LogP contribution in [0.3, 0.4) is 0 Å². The van der Waals surface area contributed by atoms with Gasteiger partial charge in [-0.15, -0.1) is 0 Å². The third-order valence-corrected chi connectivity index (χ3v) is 4.45. The smallest absolute Gasteiger partial charge is 0.234 e. The molecule has 0 spiro atoms. The van der Waals surface area contributed by atoms with Gasteiger partial charge in [-0.2, -0.15) is 0 Å². The van der Waals surface area contributed by atoms with E-state index in [0.29, 0.717) is 22.2 Å². The number of nitrogens with one attached hydrogen (secondary N) is 2. The minimum absolute atomic E-state index is 0.131. The van der Waals surface area contributed by atoms with Gasteiger partial charge in [0.15, 0.2) is 10.8 Å². The van der Waals surface area contributed by atoms with E-state index < -0.39 is 0 Å². The summed E-state index contributed by atoms with van der Waals surface area (Å²) < 4.78 is 5.25. The number of imidazole rings is 1. The normalized spacial score (nSPS) is 10.8. The Balaban J connectivity index is 1.62. The number of aryl methyl sites for hydroxylation is 1. The van der Waals surface area contributed by atoms with Crippen LogP contribution in [0.1, 0.15) is 11.3 Å². The molecule has 25 heavy (non-hydrogen) atoms. The van der Waals surface area contributed by atoms with Crippen LogP contribution in [0.25, 0.3) is 11.2 Å². The third-order valence-electron chi connectivity index (χ3n) is 3.58. The Morgan fingerprint density at radius 3 is 2.92 bits per heavy atom. The van der Waals surface area contributed by atoms with E-state index in [9.17, 15) is 4.79 Å². The van der Waals surface area contributed by atoms with Gasteiger partial charge in [-0.25, -0.2) is 9.97 Å². The molecular weight excluding hydrogens is 340 g/mol. The quantitative estimate of drug-likeness (QED) is 0.586. The molecule has 2 heterocycles. The molecule has 0 aliphatic heterocycles. The maximum atomic E-state index is 12.1. The summed E-state index contributed by atoms with van der Waals surface area (Å²) in [5.74, 6) is 0.803. The summed E-state index contributed by atoms with van der Waals surface area (Å²) in [5.41, 5.74) is 3.54. The van der Waals surface area contributed by atoms with Crippen molar-refractivity contribution in [3.8, 4) is 5.75 Å². The lowest BCUT2D eigenvalue weighted by Gasteiger charge is -2.08. The average Bonchev–Trinajstić information content (AvgIpc) is 3.03. The van der Waals surface area contributed by atoms with Crippen molar-refractivity contribution in [3.63, 3.8) is 0 Å². The predicted molar refractivity (Wildman–Crippen MR) is 96.9 cm³/mol. The monoisotopic (exact) mass is 358 g/mol. The van der Waals surface area contributed by atoms with Crippen LogP contribution in [-0.2, 0) is 11.4 Å². The van der Waals surface area contributed by atoms with E-state index in [1.54, 1.807) is 19.2 Å². The van der Waals surface area contributed by atoms with Gasteiger partial charge in [-0.3, -0.25) is 4.79 Å². The van der Waals surface area contributed by atoms with Crippen LogP contribution < -0.4 is 10.1 Å². The van der Waals surface area contributed by atoms with E-state index in [1.165, 1.54) is 11.8 Å². The van der Waals surface area contributed by atoms with Gasteiger partial charge >= 0.3 is 0 Å². The molecule has 0 unspecified atom stereocenters. The zero-order valence-electron chi connectivity index (χ0n) is 13.9. The summed E-state index contributed by atoms with van der Waals surface area (Å²) in [6, 6.07) is 9.06. The Morgan fingerprint density at radius 2 is 2.16 bits per heavy atom. The molecule has 0 radical (unpaired) electrons. The molecule has 0 fully saturated rings. The number of aliphatic hydroxyl groups is 1. The number of carbonyl (C=O) groups excluding carboxylic acids is 1. The largest absolute Gasteiger partial charge is 0.496 e. The van der Waals surface area contributed by atoms with E-state index in [2.05, 4.69) is 20.3 Å². The van der Waals surface area contributed by atoms with Crippen molar-refractivity contribution in [2.45, 2.75) is 18.7 Å². The second-order valence-corrected chi connectivity index (χ2v) is 6.36. The summed E-state index contributed by atoms with van der Waals surface area (Å²) in [7, 11) is 1.60. The zero-order valence-corrected chi connectivity index (χ0v) is 14.7. The lowest BCUT2D eigenvalue weighted by Crippen LogP contribution is -2.14. The predicted octanol–water partition coefficient (Wildman–Crippen LogP) is 2.50. The van der Waals surface area contributed by atoms with Gasteiger partial charge in [0.2, 0.25) is 5.91 Å². The van der Waals surface area contributed by atoms with Crippen molar-refractivity contribution in [2.75, 3.05) is 18.2 Å². The number of benzene rings is 1. The molecular formula is C17H18N4O3S. The van der Waals surface area contributed by atoms with Crippen molar-refractivity contribution in [1.82, 2.24) is 15.0 Å². The first-order valence-electron chi connectivity index (χ1n) is 7.63. The first-order valence-corrected chi connectivity index (χ1v) is 8.61. The number of amides is 1. The number of aliphatic hydroxyl groups excluding tert-OH is 1. The van der Waals surface area contributed by atoms with E-state index >= 15 is 0 Å². The Kier molecular flexibility index (Phi) is 5.20. The zero-order chi connectivity index (χ0) is 17.8. The van der Waals surface area contributed by atoms with Gasteiger partial charge < -0.3 is 20.1 Å². The van der Waals surface area contributed by atoms with E-state index in [1.807, 2.05) is 25.1 Å². The lowest BCUT2D eigenvalue weighted by atomic mass is 10.2. The standard InChI is InChI=1S/C17H18N4O3S/c1-10-3-4-11(7-14(10)24-2)18-15(23)9-25-17-20-13-6-5-12(8-22)19-16(13)21-17/h3-7,22H,8-9H2,1-2H3,(H,18,23)(H,19,20,21). The Hall–Kier alpha value is -2.58. The number of hydrogen-bond acceptors (Lipinski definition) is 6. The number of H-pyrrole nitrogens is 1. The van der Waals surface area contributed by atoms with Crippen molar-refractivity contribution in [1.29, 1.82) is 0 Å². The number of aromatic amines is 1. The SMILES string of the molecule is COc1cc(NC(=O)CSc2nc3nc(CO)ccc3[nH]2)ccc1C. The Bertz CT molecular complexity index is 910. The topological polar surface area (TPSA) is 100 Å². The van der Waals surface area contributed by atoms with Gasteiger partial charge in [0.05, 0.1) is 30.7 Å². The molecule has 3 rings (SSSR count). The molecule has 0 saturated heterocycles. The molecule has 1 aromatic carbocycles. The molecule has 3 N–H and O–H groups in total. The number of hydrogen-bond donors (Lipinski definition) is 3. The van der Waals surface area contributed by atoms with Crippen LogP contribution >= 0.6 is 11.8 Å². The number of carbonyl (C=O) groups is 1. The van der Waals surface area contributed by atoms with E-state index in [0.717, 1.165) is 16.8 Å². The minimum atomic E-state index is -0.139. The number of pyridine rings is 1. The van der Waals surface area contributed by atoms with Gasteiger partial charge in [-0.05, 0) is 30.7 Å². The fourth-order valence-corrected chi connectivity index (χ4v) is 2.97. The van der Waals surface area contributed by atoms with Gasteiger partial charge in [0, 0.05) is 11.8 Å². The molecule has 1 amide bonds. The number of methoxy groups -OCH3 is 1. The van der Waals surface area contributed by atoms with Crippen LogP contribution in [0.5, 0.6) is 5.75 Å². The molecule has 7 nitrogen and oxygen atoms in total. The maximum absolute atomic E-state index is 12.1. The Morgan fingerprint density at radius 1 is 1.32 bits per heavy atom. The molecule has 3 aromatic rings. The van der Waals surface area contributed by atoms with Crippen LogP contribution in [-0.4, -0.2) is 38.8 Å². The Labute approximate surface area is 148 Å². The molecule has 0 saturated carbocycles. The van der Waals surface area contributed by atoms with Gasteiger partial charge in [0.25, 0.3) is 0 Å². The number of ether oxygens (including phenoxy) is 1. The first kappa shape index (κ1) is 17.2. The summed E-state index contributed by atoms with van der Waals surface area (Å²) in [4.78, 5) is 23.8. The summed E-state index contributed by atoms with van der Waals surface area (Å²) >= 11 is 1.29. The molecule has 0 aliphatic carbocycles. The number of nitrogens with zero attached hydrogens (tertiary/aromatic N) is 2. The minimum Gasteiger partial charge on any atom is -0.496 e. The van der Waals surface area contributed by atoms with Crippen molar-refractivity contribution in [2.24, 2.45) is 0 Å². The summed E-state index contributed by atoms with van der Waals surface area (Å²) in [6.45, 7) is 1.81. The van der Waals surface area contributed by atoms with Gasteiger partial charge in [-0.1, -0.05) is 17.8 Å². The molecule has 2 aromatic heterocycles. The number of anilines is 1. The molecule has 0 atom stereocenters. The van der Waals surface area contributed by atoms with Crippen molar-refractivity contribution >= 4 is 34.5 Å². The van der Waals surface area contributed by atoms with Crippen LogP contribution in [0.15, 0.2) is 35.5 Å². The second kappa shape index (κ2) is 7.54. The van der Waals surface area contributed by atoms with E-state index in [4.69, 9.17) is 9.84 Å².